The highest BCUT2D eigenvalue weighted by molar-refractivity contribution is 5.71. The molecule has 0 saturated carbocycles. The first kappa shape index (κ1) is 14.5. The van der Waals surface area contributed by atoms with E-state index in [1.165, 1.54) is 0 Å². The summed E-state index contributed by atoms with van der Waals surface area (Å²) in [7, 11) is 0. The Balaban J connectivity index is 2.53. The van der Waals surface area contributed by atoms with Crippen LogP contribution in [-0.2, 0) is 9.53 Å². The first-order valence-corrected chi connectivity index (χ1v) is 5.98. The van der Waals surface area contributed by atoms with Crippen LogP contribution in [0, 0.1) is 0 Å². The van der Waals surface area contributed by atoms with Crippen molar-refractivity contribution in [3.8, 4) is 5.75 Å². The van der Waals surface area contributed by atoms with Gasteiger partial charge >= 0.3 is 5.97 Å². The Morgan fingerprint density at radius 1 is 1.39 bits per heavy atom. The van der Waals surface area contributed by atoms with Gasteiger partial charge in [0.15, 0.2) is 6.61 Å². The molecule has 0 fully saturated rings. The van der Waals surface area contributed by atoms with E-state index in [1.807, 2.05) is 45.9 Å². The molecule has 0 amide bonds. The number of hydrogen-bond acceptors (Lipinski definition) is 4. The SMILES string of the molecule is CC(N)c1cccc(OCC(=O)OC(C)(C)C)c1. The van der Waals surface area contributed by atoms with Gasteiger partial charge in [-0.05, 0) is 45.4 Å². The lowest BCUT2D eigenvalue weighted by molar-refractivity contribution is -0.157. The number of esters is 1. The first-order valence-electron chi connectivity index (χ1n) is 5.98. The highest BCUT2D eigenvalue weighted by Gasteiger charge is 2.16. The van der Waals surface area contributed by atoms with Crippen LogP contribution in [0.1, 0.15) is 39.3 Å². The molecule has 0 aliphatic carbocycles. The molecule has 0 aromatic heterocycles. The highest BCUT2D eigenvalue weighted by Crippen LogP contribution is 2.17. The zero-order valence-electron chi connectivity index (χ0n) is 11.4. The molecule has 0 spiro atoms. The van der Waals surface area contributed by atoms with E-state index in [0.29, 0.717) is 5.75 Å². The Bertz CT molecular complexity index is 408. The van der Waals surface area contributed by atoms with E-state index in [1.54, 1.807) is 6.07 Å². The van der Waals surface area contributed by atoms with Crippen LogP contribution in [0.4, 0.5) is 0 Å². The molecular weight excluding hydrogens is 230 g/mol. The Hall–Kier alpha value is -1.55. The summed E-state index contributed by atoms with van der Waals surface area (Å²) in [5, 5.41) is 0. The number of carbonyl (C=O) groups excluding carboxylic acids is 1. The predicted octanol–water partition coefficient (Wildman–Crippen LogP) is 2.43. The van der Waals surface area contributed by atoms with Crippen molar-refractivity contribution in [2.75, 3.05) is 6.61 Å². The van der Waals surface area contributed by atoms with Crippen molar-refractivity contribution < 1.29 is 14.3 Å². The third kappa shape index (κ3) is 5.19. The second-order valence-corrected chi connectivity index (χ2v) is 5.24. The largest absolute Gasteiger partial charge is 0.482 e. The maximum absolute atomic E-state index is 11.5. The normalized spacial score (nSPS) is 12.9. The fraction of sp³-hybridized carbons (Fsp3) is 0.500. The summed E-state index contributed by atoms with van der Waals surface area (Å²) in [5.74, 6) is 0.240. The smallest absolute Gasteiger partial charge is 0.344 e. The van der Waals surface area contributed by atoms with E-state index in [0.717, 1.165) is 5.56 Å². The molecule has 1 rings (SSSR count). The highest BCUT2D eigenvalue weighted by atomic mass is 16.6. The topological polar surface area (TPSA) is 61.5 Å². The average molecular weight is 251 g/mol. The number of ether oxygens (including phenoxy) is 2. The van der Waals surface area contributed by atoms with Crippen LogP contribution in [0.2, 0.25) is 0 Å². The second-order valence-electron chi connectivity index (χ2n) is 5.24. The van der Waals surface area contributed by atoms with Gasteiger partial charge in [-0.1, -0.05) is 12.1 Å². The standard InChI is InChI=1S/C14H21NO3/c1-10(15)11-6-5-7-12(8-11)17-9-13(16)18-14(2,3)4/h5-8,10H,9,15H2,1-4H3. The van der Waals surface area contributed by atoms with E-state index < -0.39 is 5.60 Å². The molecule has 18 heavy (non-hydrogen) atoms. The molecule has 1 unspecified atom stereocenters. The predicted molar refractivity (Wildman–Crippen MR) is 70.4 cm³/mol. The summed E-state index contributed by atoms with van der Waals surface area (Å²) in [6.07, 6.45) is 0. The lowest BCUT2D eigenvalue weighted by atomic mass is 10.1. The lowest BCUT2D eigenvalue weighted by Crippen LogP contribution is -2.27. The third-order valence-electron chi connectivity index (χ3n) is 2.16. The van der Waals surface area contributed by atoms with Crippen molar-refractivity contribution >= 4 is 5.97 Å². The van der Waals surface area contributed by atoms with E-state index in [9.17, 15) is 4.79 Å². The quantitative estimate of drug-likeness (QED) is 0.835. The van der Waals surface area contributed by atoms with Crippen molar-refractivity contribution in [1.82, 2.24) is 0 Å². The van der Waals surface area contributed by atoms with Gasteiger partial charge in [-0.15, -0.1) is 0 Å². The minimum Gasteiger partial charge on any atom is -0.482 e. The van der Waals surface area contributed by atoms with Gasteiger partial charge in [0.05, 0.1) is 0 Å². The average Bonchev–Trinajstić information content (AvgIpc) is 2.24. The molecular formula is C14H21NO3. The number of benzene rings is 1. The van der Waals surface area contributed by atoms with E-state index in [4.69, 9.17) is 15.2 Å². The van der Waals surface area contributed by atoms with Crippen molar-refractivity contribution in [1.29, 1.82) is 0 Å². The van der Waals surface area contributed by atoms with Crippen molar-refractivity contribution in [3.05, 3.63) is 29.8 Å². The number of nitrogens with two attached hydrogens (primary N) is 1. The van der Waals surface area contributed by atoms with Crippen LogP contribution in [0.15, 0.2) is 24.3 Å². The van der Waals surface area contributed by atoms with Gasteiger partial charge < -0.3 is 15.2 Å². The Morgan fingerprint density at radius 2 is 2.06 bits per heavy atom. The summed E-state index contributed by atoms with van der Waals surface area (Å²) in [4.78, 5) is 11.5. The summed E-state index contributed by atoms with van der Waals surface area (Å²) < 4.78 is 10.5. The molecule has 0 saturated heterocycles. The van der Waals surface area contributed by atoms with E-state index >= 15 is 0 Å². The van der Waals surface area contributed by atoms with Gasteiger partial charge in [-0.3, -0.25) is 0 Å². The third-order valence-corrected chi connectivity index (χ3v) is 2.16. The molecule has 4 heteroatoms. The molecule has 0 heterocycles. The summed E-state index contributed by atoms with van der Waals surface area (Å²) in [6, 6.07) is 7.33. The molecule has 0 radical (unpaired) electrons. The molecule has 1 aromatic carbocycles. The van der Waals surface area contributed by atoms with Gasteiger partial charge in [-0.2, -0.15) is 0 Å². The molecule has 0 bridgehead atoms. The summed E-state index contributed by atoms with van der Waals surface area (Å²) >= 11 is 0. The maximum atomic E-state index is 11.5. The monoisotopic (exact) mass is 251 g/mol. The molecule has 0 aliphatic rings. The molecule has 2 N–H and O–H groups in total. The van der Waals surface area contributed by atoms with Gasteiger partial charge in [-0.25, -0.2) is 4.79 Å². The van der Waals surface area contributed by atoms with Crippen LogP contribution in [0.3, 0.4) is 0 Å². The molecule has 4 nitrogen and oxygen atoms in total. The molecule has 0 aliphatic heterocycles. The Kier molecular flexibility index (Phi) is 4.73. The Morgan fingerprint density at radius 3 is 2.61 bits per heavy atom. The zero-order valence-corrected chi connectivity index (χ0v) is 11.4. The summed E-state index contributed by atoms with van der Waals surface area (Å²) in [6.45, 7) is 7.26. The maximum Gasteiger partial charge on any atom is 0.344 e. The number of hydrogen-bond donors (Lipinski definition) is 1. The zero-order chi connectivity index (χ0) is 13.8. The van der Waals surface area contributed by atoms with Crippen LogP contribution in [0.5, 0.6) is 5.75 Å². The summed E-state index contributed by atoms with van der Waals surface area (Å²) in [5.41, 5.74) is 6.25. The molecule has 1 atom stereocenters. The lowest BCUT2D eigenvalue weighted by Gasteiger charge is -2.19. The fourth-order valence-corrected chi connectivity index (χ4v) is 1.40. The van der Waals surface area contributed by atoms with E-state index in [2.05, 4.69) is 0 Å². The molecule has 100 valence electrons. The van der Waals surface area contributed by atoms with E-state index in [-0.39, 0.29) is 18.6 Å². The van der Waals surface area contributed by atoms with Crippen LogP contribution >= 0.6 is 0 Å². The van der Waals surface area contributed by atoms with Gasteiger partial charge in [0.1, 0.15) is 11.4 Å². The Labute approximate surface area is 108 Å². The first-order chi connectivity index (χ1) is 8.28. The van der Waals surface area contributed by atoms with Gasteiger partial charge in [0, 0.05) is 6.04 Å². The van der Waals surface area contributed by atoms with Crippen molar-refractivity contribution in [2.45, 2.75) is 39.3 Å². The number of carbonyl (C=O) groups is 1. The molecule has 1 aromatic rings. The van der Waals surface area contributed by atoms with Crippen LogP contribution in [0.25, 0.3) is 0 Å². The van der Waals surface area contributed by atoms with Crippen LogP contribution < -0.4 is 10.5 Å². The second kappa shape index (κ2) is 5.87. The fourth-order valence-electron chi connectivity index (χ4n) is 1.40. The van der Waals surface area contributed by atoms with Crippen molar-refractivity contribution in [2.24, 2.45) is 5.73 Å². The van der Waals surface area contributed by atoms with Gasteiger partial charge in [0.25, 0.3) is 0 Å². The number of rotatable bonds is 4. The van der Waals surface area contributed by atoms with Gasteiger partial charge in [0.2, 0.25) is 0 Å². The minimum absolute atomic E-state index is 0.0601. The van der Waals surface area contributed by atoms with Crippen molar-refractivity contribution in [3.63, 3.8) is 0 Å². The minimum atomic E-state index is -0.492. The van der Waals surface area contributed by atoms with Crippen LogP contribution in [-0.4, -0.2) is 18.2 Å².